The lowest BCUT2D eigenvalue weighted by Crippen LogP contribution is -2.40. The van der Waals surface area contributed by atoms with Crippen LogP contribution in [0.2, 0.25) is 0 Å². The standard InChI is InChI=1S/C15H21FN4O5S/c16-11-5-8(15(23)18-10-3-1-9(17)2-4-10)6-12(21)14(11)20-7-13(22)19-26(20,24)25/h5-6,9-10,21,24-25H,1-4,7,17H2,(H,18,23)(H,19,22). The first-order valence-electron chi connectivity index (χ1n) is 8.13. The normalized spacial score (nSPS) is 26.3. The molecule has 1 saturated heterocycles. The quantitative estimate of drug-likeness (QED) is 0.453. The van der Waals surface area contributed by atoms with Gasteiger partial charge in [0.2, 0.25) is 0 Å². The topological polar surface area (TPSA) is 148 Å². The summed E-state index contributed by atoms with van der Waals surface area (Å²) in [5.41, 5.74) is 5.16. The lowest BCUT2D eigenvalue weighted by molar-refractivity contribution is -0.117. The Labute approximate surface area is 151 Å². The van der Waals surface area contributed by atoms with Crippen molar-refractivity contribution in [2.24, 2.45) is 5.73 Å². The zero-order chi connectivity index (χ0) is 19.1. The van der Waals surface area contributed by atoms with Crippen molar-refractivity contribution in [2.45, 2.75) is 37.8 Å². The second-order valence-electron chi connectivity index (χ2n) is 6.49. The third-order valence-corrected chi connectivity index (χ3v) is 5.94. The number of carbonyl (C=O) groups excluding carboxylic acids is 2. The van der Waals surface area contributed by atoms with Crippen LogP contribution in [-0.2, 0) is 4.79 Å². The van der Waals surface area contributed by atoms with Gasteiger partial charge in [-0.2, -0.15) is 0 Å². The summed E-state index contributed by atoms with van der Waals surface area (Å²) in [6.45, 7) is -0.527. The number of phenols is 1. The van der Waals surface area contributed by atoms with E-state index in [2.05, 4.69) is 5.32 Å². The second kappa shape index (κ2) is 6.91. The first-order chi connectivity index (χ1) is 12.2. The number of amides is 2. The Morgan fingerprint density at radius 3 is 2.50 bits per heavy atom. The van der Waals surface area contributed by atoms with Crippen LogP contribution >= 0.6 is 11.0 Å². The van der Waals surface area contributed by atoms with E-state index in [-0.39, 0.29) is 17.6 Å². The molecule has 7 N–H and O–H groups in total. The highest BCUT2D eigenvalue weighted by atomic mass is 32.3. The second-order valence-corrected chi connectivity index (χ2v) is 8.17. The van der Waals surface area contributed by atoms with E-state index in [0.29, 0.717) is 4.31 Å². The molecule has 1 aromatic rings. The summed E-state index contributed by atoms with van der Waals surface area (Å²) >= 11 is 0. The third kappa shape index (κ3) is 3.70. The van der Waals surface area contributed by atoms with Crippen molar-refractivity contribution in [3.8, 4) is 5.75 Å². The number of phenolic OH excluding ortho intramolecular Hbond substituents is 1. The van der Waals surface area contributed by atoms with E-state index in [4.69, 9.17) is 5.73 Å². The van der Waals surface area contributed by atoms with E-state index >= 15 is 0 Å². The molecule has 0 spiro atoms. The Hall–Kier alpha value is -2.08. The van der Waals surface area contributed by atoms with Crippen molar-refractivity contribution in [3.63, 3.8) is 0 Å². The Kier molecular flexibility index (Phi) is 4.97. The van der Waals surface area contributed by atoms with Crippen LogP contribution in [0.15, 0.2) is 12.1 Å². The first kappa shape index (κ1) is 18.7. The number of carbonyl (C=O) groups is 2. The number of benzene rings is 1. The van der Waals surface area contributed by atoms with Gasteiger partial charge in [-0.1, -0.05) is 0 Å². The average molecular weight is 388 g/mol. The van der Waals surface area contributed by atoms with Gasteiger partial charge >= 0.3 is 0 Å². The zero-order valence-electron chi connectivity index (χ0n) is 13.8. The molecule has 0 aromatic heterocycles. The fourth-order valence-electron chi connectivity index (χ4n) is 3.16. The molecule has 3 rings (SSSR count). The van der Waals surface area contributed by atoms with E-state index in [1.807, 2.05) is 4.72 Å². The van der Waals surface area contributed by atoms with E-state index < -0.39 is 46.6 Å². The molecule has 144 valence electrons. The average Bonchev–Trinajstić information content (AvgIpc) is 2.81. The number of rotatable bonds is 3. The summed E-state index contributed by atoms with van der Waals surface area (Å²) in [6.07, 6.45) is 3.03. The van der Waals surface area contributed by atoms with Gasteiger partial charge in [-0.25, -0.2) is 13.4 Å². The molecule has 0 bridgehead atoms. The molecule has 0 atom stereocenters. The van der Waals surface area contributed by atoms with Crippen LogP contribution in [-0.4, -0.2) is 44.7 Å². The van der Waals surface area contributed by atoms with Crippen molar-refractivity contribution in [1.29, 1.82) is 0 Å². The SMILES string of the molecule is NC1CCC(NC(=O)c2cc(O)c(N3CC(=O)NS3(O)O)c(F)c2)CC1. The van der Waals surface area contributed by atoms with Gasteiger partial charge in [0.05, 0.1) is 0 Å². The largest absolute Gasteiger partial charge is 0.506 e. The van der Waals surface area contributed by atoms with Crippen LogP contribution in [0.25, 0.3) is 0 Å². The Balaban J connectivity index is 1.79. The molecule has 26 heavy (non-hydrogen) atoms. The molecule has 1 aliphatic heterocycles. The Morgan fingerprint density at radius 1 is 1.31 bits per heavy atom. The molecule has 1 aromatic carbocycles. The molecule has 1 aliphatic carbocycles. The van der Waals surface area contributed by atoms with E-state index in [9.17, 15) is 28.2 Å². The molecule has 11 heteroatoms. The van der Waals surface area contributed by atoms with Crippen molar-refractivity contribution < 1.29 is 28.2 Å². The lowest BCUT2D eigenvalue weighted by Gasteiger charge is -2.36. The molecular formula is C15H21FN4O5S. The molecule has 1 saturated carbocycles. The molecule has 9 nitrogen and oxygen atoms in total. The number of nitrogens with zero attached hydrogens (tertiary/aromatic N) is 1. The van der Waals surface area contributed by atoms with Gasteiger partial charge in [-0.05, 0) is 48.8 Å². The zero-order valence-corrected chi connectivity index (χ0v) is 14.6. The number of anilines is 1. The molecule has 2 fully saturated rings. The number of nitrogens with two attached hydrogens (primary N) is 1. The predicted octanol–water partition coefficient (Wildman–Crippen LogP) is 1.05. The Morgan fingerprint density at radius 2 is 1.96 bits per heavy atom. The summed E-state index contributed by atoms with van der Waals surface area (Å²) in [7, 11) is -3.77. The van der Waals surface area contributed by atoms with Crippen LogP contribution in [0.1, 0.15) is 36.0 Å². The minimum Gasteiger partial charge on any atom is -0.506 e. The van der Waals surface area contributed by atoms with Crippen molar-refractivity contribution >= 4 is 28.5 Å². The van der Waals surface area contributed by atoms with Crippen molar-refractivity contribution in [3.05, 3.63) is 23.5 Å². The van der Waals surface area contributed by atoms with Crippen LogP contribution in [0.3, 0.4) is 0 Å². The van der Waals surface area contributed by atoms with E-state index in [1.54, 1.807) is 0 Å². The maximum atomic E-state index is 14.5. The molecule has 2 aliphatic rings. The smallest absolute Gasteiger partial charge is 0.260 e. The van der Waals surface area contributed by atoms with Crippen LogP contribution < -0.4 is 20.1 Å². The van der Waals surface area contributed by atoms with Crippen molar-refractivity contribution in [2.75, 3.05) is 10.8 Å². The number of nitrogens with one attached hydrogen (secondary N) is 2. The molecule has 1 heterocycles. The minimum atomic E-state index is -3.77. The number of aromatic hydroxyl groups is 1. The highest BCUT2D eigenvalue weighted by Gasteiger charge is 2.38. The maximum absolute atomic E-state index is 14.5. The van der Waals surface area contributed by atoms with Gasteiger partial charge in [0.25, 0.3) is 11.8 Å². The first-order valence-corrected chi connectivity index (χ1v) is 9.63. The summed E-state index contributed by atoms with van der Waals surface area (Å²) < 4.78 is 36.6. The van der Waals surface area contributed by atoms with Gasteiger partial charge in [0.1, 0.15) is 18.0 Å². The highest BCUT2D eigenvalue weighted by Crippen LogP contribution is 2.49. The molecule has 0 radical (unpaired) electrons. The van der Waals surface area contributed by atoms with Gasteiger partial charge < -0.3 is 16.2 Å². The lowest BCUT2D eigenvalue weighted by atomic mass is 9.91. The monoisotopic (exact) mass is 388 g/mol. The van der Waals surface area contributed by atoms with Crippen LogP contribution in [0.4, 0.5) is 10.1 Å². The van der Waals surface area contributed by atoms with Gasteiger partial charge in [0.15, 0.2) is 5.82 Å². The summed E-state index contributed by atoms with van der Waals surface area (Å²) in [5, 5.41) is 12.9. The molecule has 2 amide bonds. The van der Waals surface area contributed by atoms with Gasteiger partial charge in [-0.15, -0.1) is 0 Å². The van der Waals surface area contributed by atoms with Crippen LogP contribution in [0, 0.1) is 5.82 Å². The highest BCUT2D eigenvalue weighted by molar-refractivity contribution is 8.24. The molecule has 0 unspecified atom stereocenters. The predicted molar refractivity (Wildman–Crippen MR) is 94.1 cm³/mol. The fourth-order valence-corrected chi connectivity index (χ4v) is 4.37. The van der Waals surface area contributed by atoms with Crippen molar-refractivity contribution in [1.82, 2.24) is 10.0 Å². The molecular weight excluding hydrogens is 367 g/mol. The number of hydrogen-bond donors (Lipinski definition) is 6. The van der Waals surface area contributed by atoms with Gasteiger partial charge in [0, 0.05) is 17.6 Å². The summed E-state index contributed by atoms with van der Waals surface area (Å²) in [5.74, 6) is -2.98. The van der Waals surface area contributed by atoms with Crippen LogP contribution in [0.5, 0.6) is 5.75 Å². The Bertz CT molecular complexity index is 716. The summed E-state index contributed by atoms with van der Waals surface area (Å²) in [4.78, 5) is 23.7. The van der Waals surface area contributed by atoms with E-state index in [1.165, 1.54) is 0 Å². The number of hydrogen-bond acceptors (Lipinski definition) is 7. The van der Waals surface area contributed by atoms with Gasteiger partial charge in [-0.3, -0.25) is 18.7 Å². The number of halogens is 1. The minimum absolute atomic E-state index is 0.0699. The maximum Gasteiger partial charge on any atom is 0.260 e. The third-order valence-electron chi connectivity index (χ3n) is 4.51. The summed E-state index contributed by atoms with van der Waals surface area (Å²) in [6, 6.07) is 1.97. The van der Waals surface area contributed by atoms with E-state index in [0.717, 1.165) is 37.8 Å². The fraction of sp³-hybridized carbons (Fsp3) is 0.467.